The Bertz CT molecular complexity index is 314. The molecular formula is C14H21NO. The van der Waals surface area contributed by atoms with Crippen LogP contribution in [0.4, 0.5) is 5.69 Å². The summed E-state index contributed by atoms with van der Waals surface area (Å²) in [6.45, 7) is 2.13. The van der Waals surface area contributed by atoms with Crippen molar-refractivity contribution >= 4 is 5.69 Å². The van der Waals surface area contributed by atoms with Crippen LogP contribution >= 0.6 is 0 Å². The molecule has 88 valence electrons. The summed E-state index contributed by atoms with van der Waals surface area (Å²) in [5, 5.41) is 0. The zero-order valence-corrected chi connectivity index (χ0v) is 9.99. The first kappa shape index (κ1) is 11.5. The first-order valence-corrected chi connectivity index (χ1v) is 6.26. The van der Waals surface area contributed by atoms with Crippen molar-refractivity contribution in [3.8, 4) is 0 Å². The Kier molecular flexibility index (Phi) is 3.83. The molecule has 2 heteroatoms. The van der Waals surface area contributed by atoms with Crippen molar-refractivity contribution in [1.82, 2.24) is 0 Å². The van der Waals surface area contributed by atoms with Crippen LogP contribution in [0, 0.1) is 0 Å². The monoisotopic (exact) mass is 219 g/mol. The molecule has 0 saturated heterocycles. The van der Waals surface area contributed by atoms with E-state index in [2.05, 4.69) is 19.1 Å². The fraction of sp³-hybridized carbons (Fsp3) is 0.571. The zero-order chi connectivity index (χ0) is 11.4. The molecule has 0 aromatic heterocycles. The van der Waals surface area contributed by atoms with Gasteiger partial charge in [0.1, 0.15) is 0 Å². The molecule has 0 radical (unpaired) electrons. The van der Waals surface area contributed by atoms with E-state index in [4.69, 9.17) is 10.5 Å². The molecule has 2 rings (SSSR count). The third-order valence-electron chi connectivity index (χ3n) is 3.35. The maximum atomic E-state index is 6.08. The summed E-state index contributed by atoms with van der Waals surface area (Å²) >= 11 is 0. The van der Waals surface area contributed by atoms with Crippen LogP contribution < -0.4 is 5.73 Å². The number of nitrogens with two attached hydrogens (primary N) is 1. The van der Waals surface area contributed by atoms with Crippen LogP contribution in [0.15, 0.2) is 24.3 Å². The van der Waals surface area contributed by atoms with Crippen LogP contribution in [0.2, 0.25) is 0 Å². The van der Waals surface area contributed by atoms with E-state index in [9.17, 15) is 0 Å². The molecular weight excluding hydrogens is 198 g/mol. The third kappa shape index (κ3) is 2.99. The van der Waals surface area contributed by atoms with Crippen LogP contribution in [0.25, 0.3) is 0 Å². The highest BCUT2D eigenvalue weighted by Gasteiger charge is 2.17. The Hall–Kier alpha value is -1.02. The second-order valence-corrected chi connectivity index (χ2v) is 4.70. The molecule has 1 saturated carbocycles. The molecule has 2 N–H and O–H groups in total. The maximum Gasteiger partial charge on any atom is 0.0800 e. The Morgan fingerprint density at radius 2 is 1.75 bits per heavy atom. The van der Waals surface area contributed by atoms with Gasteiger partial charge in [-0.05, 0) is 37.5 Å². The second-order valence-electron chi connectivity index (χ2n) is 4.70. The van der Waals surface area contributed by atoms with Crippen molar-refractivity contribution in [2.45, 2.75) is 51.2 Å². The lowest BCUT2D eigenvalue weighted by atomic mass is 9.97. The van der Waals surface area contributed by atoms with Crippen molar-refractivity contribution in [2.75, 3.05) is 5.73 Å². The predicted octanol–water partition coefficient (Wildman–Crippen LogP) is 3.68. The molecule has 2 nitrogen and oxygen atoms in total. The third-order valence-corrected chi connectivity index (χ3v) is 3.35. The lowest BCUT2D eigenvalue weighted by molar-refractivity contribution is -0.0222. The van der Waals surface area contributed by atoms with E-state index in [-0.39, 0.29) is 6.10 Å². The van der Waals surface area contributed by atoms with Gasteiger partial charge in [-0.1, -0.05) is 31.4 Å². The minimum atomic E-state index is 0.184. The van der Waals surface area contributed by atoms with Crippen molar-refractivity contribution < 1.29 is 4.74 Å². The van der Waals surface area contributed by atoms with Crippen LogP contribution in [0.5, 0.6) is 0 Å². The molecule has 0 heterocycles. The van der Waals surface area contributed by atoms with Crippen LogP contribution in [-0.4, -0.2) is 6.10 Å². The first-order valence-electron chi connectivity index (χ1n) is 6.26. The average molecular weight is 219 g/mol. The minimum absolute atomic E-state index is 0.184. The predicted molar refractivity (Wildman–Crippen MR) is 67.2 cm³/mol. The Balaban J connectivity index is 1.91. The van der Waals surface area contributed by atoms with Gasteiger partial charge in [-0.25, -0.2) is 0 Å². The highest BCUT2D eigenvalue weighted by atomic mass is 16.5. The van der Waals surface area contributed by atoms with Gasteiger partial charge in [0.25, 0.3) is 0 Å². The lowest BCUT2D eigenvalue weighted by Crippen LogP contribution is -2.18. The smallest absolute Gasteiger partial charge is 0.0800 e. The summed E-state index contributed by atoms with van der Waals surface area (Å²) in [5.41, 5.74) is 7.71. The van der Waals surface area contributed by atoms with Crippen LogP contribution in [0.1, 0.15) is 50.7 Å². The van der Waals surface area contributed by atoms with Gasteiger partial charge < -0.3 is 10.5 Å². The van der Waals surface area contributed by atoms with Gasteiger partial charge in [-0.3, -0.25) is 0 Å². The van der Waals surface area contributed by atoms with Crippen LogP contribution in [0.3, 0.4) is 0 Å². The van der Waals surface area contributed by atoms with Gasteiger partial charge in [0.2, 0.25) is 0 Å². The highest BCUT2D eigenvalue weighted by molar-refractivity contribution is 5.39. The lowest BCUT2D eigenvalue weighted by Gasteiger charge is -2.26. The molecule has 0 aliphatic heterocycles. The maximum absolute atomic E-state index is 6.08. The molecule has 1 fully saturated rings. The largest absolute Gasteiger partial charge is 0.399 e. The van der Waals surface area contributed by atoms with Gasteiger partial charge in [0.05, 0.1) is 12.2 Å². The van der Waals surface area contributed by atoms with Crippen molar-refractivity contribution in [2.24, 2.45) is 0 Å². The molecule has 0 amide bonds. The second kappa shape index (κ2) is 5.35. The van der Waals surface area contributed by atoms with E-state index in [1.165, 1.54) is 37.7 Å². The van der Waals surface area contributed by atoms with E-state index in [1.807, 2.05) is 12.1 Å². The number of rotatable bonds is 3. The summed E-state index contributed by atoms with van der Waals surface area (Å²) in [7, 11) is 0. The fourth-order valence-electron chi connectivity index (χ4n) is 2.34. The number of hydrogen-bond donors (Lipinski definition) is 1. The molecule has 0 bridgehead atoms. The van der Waals surface area contributed by atoms with Gasteiger partial charge in [-0.2, -0.15) is 0 Å². The average Bonchev–Trinajstić information content (AvgIpc) is 2.31. The molecule has 0 spiro atoms. The summed E-state index contributed by atoms with van der Waals surface area (Å²) in [6.07, 6.45) is 7.09. The molecule has 16 heavy (non-hydrogen) atoms. The Morgan fingerprint density at radius 3 is 2.38 bits per heavy atom. The molecule has 1 aliphatic rings. The summed E-state index contributed by atoms with van der Waals surface area (Å²) in [6, 6.07) is 8.00. The number of ether oxygens (including phenoxy) is 1. The molecule has 1 unspecified atom stereocenters. The van der Waals surface area contributed by atoms with E-state index in [0.717, 1.165) is 5.69 Å². The van der Waals surface area contributed by atoms with Crippen molar-refractivity contribution in [1.29, 1.82) is 0 Å². The van der Waals surface area contributed by atoms with E-state index in [0.29, 0.717) is 6.10 Å². The molecule has 1 aliphatic carbocycles. The van der Waals surface area contributed by atoms with Crippen LogP contribution in [-0.2, 0) is 4.74 Å². The quantitative estimate of drug-likeness (QED) is 0.787. The van der Waals surface area contributed by atoms with Crippen molar-refractivity contribution in [3.05, 3.63) is 29.8 Å². The molecule has 1 aromatic carbocycles. The number of nitrogen functional groups attached to an aromatic ring is 1. The number of hydrogen-bond acceptors (Lipinski definition) is 2. The standard InChI is InChI=1S/C14H21NO/c1-11(12-7-9-13(15)10-8-12)16-14-5-3-2-4-6-14/h7-11,14H,2-6,15H2,1H3. The van der Waals surface area contributed by atoms with Gasteiger partial charge in [-0.15, -0.1) is 0 Å². The van der Waals surface area contributed by atoms with Gasteiger partial charge in [0.15, 0.2) is 0 Å². The van der Waals surface area contributed by atoms with E-state index in [1.54, 1.807) is 0 Å². The van der Waals surface area contributed by atoms with Gasteiger partial charge in [0, 0.05) is 5.69 Å². The minimum Gasteiger partial charge on any atom is -0.399 e. The Labute approximate surface area is 97.8 Å². The summed E-state index contributed by atoms with van der Waals surface area (Å²) in [4.78, 5) is 0. The summed E-state index contributed by atoms with van der Waals surface area (Å²) < 4.78 is 6.08. The summed E-state index contributed by atoms with van der Waals surface area (Å²) in [5.74, 6) is 0. The van der Waals surface area contributed by atoms with E-state index >= 15 is 0 Å². The first-order chi connectivity index (χ1) is 7.75. The highest BCUT2D eigenvalue weighted by Crippen LogP contribution is 2.26. The SMILES string of the molecule is CC(OC1CCCCC1)c1ccc(N)cc1. The normalized spacial score (nSPS) is 19.6. The number of anilines is 1. The fourth-order valence-corrected chi connectivity index (χ4v) is 2.34. The van der Waals surface area contributed by atoms with Crippen molar-refractivity contribution in [3.63, 3.8) is 0 Å². The van der Waals surface area contributed by atoms with Gasteiger partial charge >= 0.3 is 0 Å². The zero-order valence-electron chi connectivity index (χ0n) is 9.99. The Morgan fingerprint density at radius 1 is 1.12 bits per heavy atom. The molecule has 1 aromatic rings. The van der Waals surface area contributed by atoms with E-state index < -0.39 is 0 Å². The topological polar surface area (TPSA) is 35.2 Å². The molecule has 1 atom stereocenters. The number of benzene rings is 1.